The lowest BCUT2D eigenvalue weighted by Crippen LogP contribution is -2.31. The number of hydrogen-bond acceptors (Lipinski definition) is 5. The maximum atomic E-state index is 13.0. The van der Waals surface area contributed by atoms with Gasteiger partial charge in [-0.05, 0) is 43.2 Å². The molecule has 7 heteroatoms. The second-order valence-corrected chi connectivity index (χ2v) is 7.53. The van der Waals surface area contributed by atoms with E-state index in [0.29, 0.717) is 41.5 Å². The molecular formula is C23H24ClNO5. The van der Waals surface area contributed by atoms with Crippen LogP contribution in [0.4, 0.5) is 0 Å². The van der Waals surface area contributed by atoms with Crippen LogP contribution in [0.1, 0.15) is 29.2 Å². The van der Waals surface area contributed by atoms with E-state index >= 15 is 0 Å². The molecule has 1 aliphatic rings. The van der Waals surface area contributed by atoms with Crippen LogP contribution in [-0.4, -0.2) is 49.1 Å². The first-order valence-corrected chi connectivity index (χ1v) is 9.94. The third kappa shape index (κ3) is 4.20. The number of carbonyl (C=O) groups is 2. The van der Waals surface area contributed by atoms with Crippen LogP contribution < -0.4 is 4.74 Å². The summed E-state index contributed by atoms with van der Waals surface area (Å²) in [4.78, 5) is 27.3. The fourth-order valence-electron chi connectivity index (χ4n) is 3.63. The molecule has 0 spiro atoms. The molecule has 30 heavy (non-hydrogen) atoms. The van der Waals surface area contributed by atoms with E-state index in [1.165, 1.54) is 12.0 Å². The average Bonchev–Trinajstić information content (AvgIpc) is 2.99. The highest BCUT2D eigenvalue weighted by Gasteiger charge is 2.46. The van der Waals surface area contributed by atoms with Gasteiger partial charge in [-0.25, -0.2) is 0 Å². The molecule has 2 aromatic rings. The smallest absolute Gasteiger partial charge is 0.295 e. The van der Waals surface area contributed by atoms with Crippen LogP contribution in [0.15, 0.2) is 48.0 Å². The van der Waals surface area contributed by atoms with Crippen molar-refractivity contribution >= 4 is 29.1 Å². The number of nitrogens with zero attached hydrogens (tertiary/aromatic N) is 1. The molecule has 6 nitrogen and oxygen atoms in total. The second kappa shape index (κ2) is 9.32. The molecule has 0 aromatic heterocycles. The van der Waals surface area contributed by atoms with Gasteiger partial charge >= 0.3 is 0 Å². The van der Waals surface area contributed by atoms with E-state index in [1.807, 2.05) is 13.0 Å². The third-order valence-corrected chi connectivity index (χ3v) is 5.34. The van der Waals surface area contributed by atoms with Gasteiger partial charge in [-0.1, -0.05) is 35.4 Å². The molecular weight excluding hydrogens is 406 g/mol. The van der Waals surface area contributed by atoms with Crippen molar-refractivity contribution in [1.29, 1.82) is 0 Å². The fourth-order valence-corrected chi connectivity index (χ4v) is 3.76. The first-order chi connectivity index (χ1) is 14.4. The summed E-state index contributed by atoms with van der Waals surface area (Å²) in [5.74, 6) is -1.23. The van der Waals surface area contributed by atoms with Crippen LogP contribution in [0.2, 0.25) is 5.02 Å². The van der Waals surface area contributed by atoms with Crippen molar-refractivity contribution in [3.63, 3.8) is 0 Å². The molecule has 158 valence electrons. The van der Waals surface area contributed by atoms with Gasteiger partial charge in [0.2, 0.25) is 0 Å². The van der Waals surface area contributed by atoms with Gasteiger partial charge in [-0.15, -0.1) is 0 Å². The number of benzene rings is 2. The van der Waals surface area contributed by atoms with Crippen molar-refractivity contribution < 1.29 is 24.2 Å². The fraction of sp³-hybridized carbons (Fsp3) is 0.304. The molecule has 1 N–H and O–H groups in total. The van der Waals surface area contributed by atoms with E-state index in [4.69, 9.17) is 21.1 Å². The monoisotopic (exact) mass is 429 g/mol. The normalized spacial score (nSPS) is 18.1. The van der Waals surface area contributed by atoms with Crippen LogP contribution in [0.5, 0.6) is 5.75 Å². The third-order valence-electron chi connectivity index (χ3n) is 5.08. The molecule has 1 amide bonds. The number of ether oxygens (including phenoxy) is 2. The lowest BCUT2D eigenvalue weighted by molar-refractivity contribution is -0.140. The van der Waals surface area contributed by atoms with E-state index in [0.717, 1.165) is 5.56 Å². The Labute approximate surface area is 180 Å². The minimum absolute atomic E-state index is 0.0311. The summed E-state index contributed by atoms with van der Waals surface area (Å²) < 4.78 is 10.5. The molecule has 0 saturated carbocycles. The molecule has 1 atom stereocenters. The van der Waals surface area contributed by atoms with E-state index in [2.05, 4.69) is 0 Å². The quantitative estimate of drug-likeness (QED) is 0.310. The number of likely N-dealkylation sites (tertiary alicyclic amines) is 1. The van der Waals surface area contributed by atoms with Gasteiger partial charge in [-0.3, -0.25) is 9.59 Å². The number of amides is 1. The molecule has 0 aliphatic carbocycles. The topological polar surface area (TPSA) is 76.1 Å². The minimum Gasteiger partial charge on any atom is -0.507 e. The minimum atomic E-state index is -0.732. The van der Waals surface area contributed by atoms with E-state index in [-0.39, 0.29) is 11.3 Å². The Balaban J connectivity index is 2.18. The SMILES string of the molecule is COCCCN1C(=O)C(=O)/C(=C(/O)c2cc(C)ccc2OC)C1c1ccc(Cl)cc1. The number of aliphatic hydroxyl groups is 1. The van der Waals surface area contributed by atoms with Gasteiger partial charge in [0.25, 0.3) is 11.7 Å². The highest BCUT2D eigenvalue weighted by Crippen LogP contribution is 2.41. The van der Waals surface area contributed by atoms with Crippen LogP contribution in [0.25, 0.3) is 5.76 Å². The summed E-state index contributed by atoms with van der Waals surface area (Å²) in [6.45, 7) is 2.63. The van der Waals surface area contributed by atoms with Crippen LogP contribution in [0, 0.1) is 6.92 Å². The van der Waals surface area contributed by atoms with Gasteiger partial charge in [0.15, 0.2) is 0 Å². The van der Waals surface area contributed by atoms with Gasteiger partial charge < -0.3 is 19.5 Å². The zero-order valence-electron chi connectivity index (χ0n) is 17.1. The number of Topliss-reactive ketones (excluding diaryl/α,β-unsaturated/α-hetero) is 1. The van der Waals surface area contributed by atoms with Crippen molar-refractivity contribution in [2.24, 2.45) is 0 Å². The summed E-state index contributed by atoms with van der Waals surface area (Å²) >= 11 is 6.02. The molecule has 1 saturated heterocycles. The number of carbonyl (C=O) groups excluding carboxylic acids is 2. The summed E-state index contributed by atoms with van der Waals surface area (Å²) in [7, 11) is 3.07. The van der Waals surface area contributed by atoms with Gasteiger partial charge in [0, 0.05) is 25.3 Å². The Morgan fingerprint density at radius 2 is 1.83 bits per heavy atom. The molecule has 1 heterocycles. The maximum absolute atomic E-state index is 13.0. The van der Waals surface area contributed by atoms with Crippen LogP contribution >= 0.6 is 11.6 Å². The van der Waals surface area contributed by atoms with Crippen molar-refractivity contribution in [2.75, 3.05) is 27.4 Å². The van der Waals surface area contributed by atoms with Gasteiger partial charge in [0.1, 0.15) is 11.5 Å². The molecule has 1 fully saturated rings. The second-order valence-electron chi connectivity index (χ2n) is 7.09. The number of halogens is 1. The number of rotatable bonds is 7. The van der Waals surface area contributed by atoms with Gasteiger partial charge in [0.05, 0.1) is 24.3 Å². The Morgan fingerprint density at radius 3 is 2.47 bits per heavy atom. The first-order valence-electron chi connectivity index (χ1n) is 9.56. The van der Waals surface area contributed by atoms with Crippen molar-refractivity contribution in [1.82, 2.24) is 4.90 Å². The number of aryl methyl sites for hydroxylation is 1. The Morgan fingerprint density at radius 1 is 1.13 bits per heavy atom. The average molecular weight is 430 g/mol. The predicted molar refractivity (Wildman–Crippen MR) is 115 cm³/mol. The van der Waals surface area contributed by atoms with E-state index in [1.54, 1.807) is 43.5 Å². The number of aliphatic hydroxyl groups excluding tert-OH is 1. The lowest BCUT2D eigenvalue weighted by atomic mass is 9.94. The summed E-state index contributed by atoms with van der Waals surface area (Å²) in [5.41, 5.74) is 1.97. The number of ketones is 1. The zero-order chi connectivity index (χ0) is 21.8. The lowest BCUT2D eigenvalue weighted by Gasteiger charge is -2.25. The van der Waals surface area contributed by atoms with Crippen molar-refractivity contribution in [2.45, 2.75) is 19.4 Å². The molecule has 0 radical (unpaired) electrons. The maximum Gasteiger partial charge on any atom is 0.295 e. The highest BCUT2D eigenvalue weighted by molar-refractivity contribution is 6.46. The number of methoxy groups -OCH3 is 2. The highest BCUT2D eigenvalue weighted by atomic mass is 35.5. The summed E-state index contributed by atoms with van der Waals surface area (Å²) in [6.07, 6.45) is 0.557. The van der Waals surface area contributed by atoms with Gasteiger partial charge in [-0.2, -0.15) is 0 Å². The molecule has 2 aromatic carbocycles. The number of hydrogen-bond donors (Lipinski definition) is 1. The van der Waals surface area contributed by atoms with Crippen LogP contribution in [-0.2, 0) is 14.3 Å². The Kier molecular flexibility index (Phi) is 6.80. The van der Waals surface area contributed by atoms with Crippen molar-refractivity contribution in [3.8, 4) is 5.75 Å². The molecule has 3 rings (SSSR count). The molecule has 1 unspecified atom stereocenters. The van der Waals surface area contributed by atoms with Crippen LogP contribution in [0.3, 0.4) is 0 Å². The Hall–Kier alpha value is -2.83. The standard InChI is InChI=1S/C23H24ClNO5/c1-14-5-10-18(30-3)17(13-14)21(26)19-20(15-6-8-16(24)9-7-15)25(11-4-12-29-2)23(28)22(19)27/h5-10,13,20,26H,4,11-12H2,1-3H3/b21-19+. The van der Waals surface area contributed by atoms with Crippen molar-refractivity contribution in [3.05, 3.63) is 69.8 Å². The molecule has 0 bridgehead atoms. The largest absolute Gasteiger partial charge is 0.507 e. The summed E-state index contributed by atoms with van der Waals surface area (Å²) in [6, 6.07) is 11.5. The Bertz CT molecular complexity index is 984. The summed E-state index contributed by atoms with van der Waals surface area (Å²) in [5, 5.41) is 11.7. The predicted octanol–water partition coefficient (Wildman–Crippen LogP) is 4.12. The van der Waals surface area contributed by atoms with E-state index in [9.17, 15) is 14.7 Å². The first kappa shape index (κ1) is 21.9. The molecule has 1 aliphatic heterocycles. The zero-order valence-corrected chi connectivity index (χ0v) is 17.9. The van der Waals surface area contributed by atoms with E-state index < -0.39 is 17.7 Å².